The van der Waals surface area contributed by atoms with Gasteiger partial charge >= 0.3 is 0 Å². The quantitative estimate of drug-likeness (QED) is 0.512. The zero-order valence-electron chi connectivity index (χ0n) is 16.6. The monoisotopic (exact) mass is 411 g/mol. The number of imide groups is 1. The lowest BCUT2D eigenvalue weighted by Gasteiger charge is -2.13. The van der Waals surface area contributed by atoms with Crippen molar-refractivity contribution in [1.29, 1.82) is 0 Å². The number of aromatic nitrogens is 1. The Kier molecular flexibility index (Phi) is 4.36. The Morgan fingerprint density at radius 1 is 0.935 bits per heavy atom. The minimum absolute atomic E-state index is 0.312. The van der Waals surface area contributed by atoms with E-state index >= 15 is 0 Å². The highest BCUT2D eigenvalue weighted by Gasteiger charge is 2.36. The summed E-state index contributed by atoms with van der Waals surface area (Å²) >= 11 is 0. The number of nitrogens with zero attached hydrogens (tertiary/aromatic N) is 2. The Balaban J connectivity index is 1.34. The van der Waals surface area contributed by atoms with Gasteiger partial charge in [0.25, 0.3) is 11.8 Å². The molecule has 1 aliphatic rings. The number of amides is 3. The van der Waals surface area contributed by atoms with Crippen molar-refractivity contribution in [1.82, 2.24) is 9.88 Å². The lowest BCUT2D eigenvalue weighted by atomic mass is 10.1. The van der Waals surface area contributed by atoms with E-state index in [0.717, 1.165) is 16.0 Å². The summed E-state index contributed by atoms with van der Waals surface area (Å²) in [5.74, 6) is -0.913. The summed E-state index contributed by atoms with van der Waals surface area (Å²) < 4.78 is 5.89. The predicted octanol–water partition coefficient (Wildman–Crippen LogP) is 4.04. The van der Waals surface area contributed by atoms with Gasteiger partial charge in [0.15, 0.2) is 5.58 Å². The summed E-state index contributed by atoms with van der Waals surface area (Å²) in [6.45, 7) is 1.62. The molecule has 0 fully saturated rings. The normalized spacial score (nSPS) is 13.0. The average molecular weight is 411 g/mol. The second kappa shape index (κ2) is 7.21. The Bertz CT molecular complexity index is 1340. The van der Waals surface area contributed by atoms with Crippen LogP contribution < -0.4 is 5.32 Å². The molecule has 0 saturated carbocycles. The van der Waals surface area contributed by atoms with Gasteiger partial charge in [-0.3, -0.25) is 19.3 Å². The predicted molar refractivity (Wildman–Crippen MR) is 115 cm³/mol. The van der Waals surface area contributed by atoms with E-state index in [1.165, 1.54) is 0 Å². The minimum Gasteiger partial charge on any atom is -0.436 e. The van der Waals surface area contributed by atoms with Crippen LogP contribution in [0.2, 0.25) is 0 Å². The van der Waals surface area contributed by atoms with Gasteiger partial charge in [0.05, 0.1) is 11.1 Å². The SMILES string of the molecule is Cc1ccccc1-c1nc2ccc(NC(=O)CN3C(=O)c4ccccc4C3=O)cc2o1. The maximum atomic E-state index is 12.5. The van der Waals surface area contributed by atoms with Crippen molar-refractivity contribution in [2.24, 2.45) is 0 Å². The Labute approximate surface area is 177 Å². The number of oxazole rings is 1. The fourth-order valence-electron chi connectivity index (χ4n) is 3.66. The van der Waals surface area contributed by atoms with Gasteiger partial charge < -0.3 is 9.73 Å². The maximum absolute atomic E-state index is 12.5. The zero-order chi connectivity index (χ0) is 21.5. The molecule has 1 aromatic heterocycles. The summed E-state index contributed by atoms with van der Waals surface area (Å²) in [5, 5.41) is 2.72. The molecule has 0 bridgehead atoms. The number of nitrogens with one attached hydrogen (secondary N) is 1. The van der Waals surface area contributed by atoms with Gasteiger partial charge in [-0.2, -0.15) is 0 Å². The third-order valence-corrected chi connectivity index (χ3v) is 5.23. The lowest BCUT2D eigenvalue weighted by molar-refractivity contribution is -0.116. The third-order valence-electron chi connectivity index (χ3n) is 5.23. The Morgan fingerprint density at radius 2 is 1.58 bits per heavy atom. The first kappa shape index (κ1) is 18.7. The smallest absolute Gasteiger partial charge is 0.262 e. The number of carbonyl (C=O) groups is 3. The van der Waals surface area contributed by atoms with Gasteiger partial charge in [0.2, 0.25) is 11.8 Å². The maximum Gasteiger partial charge on any atom is 0.262 e. The van der Waals surface area contributed by atoms with Crippen molar-refractivity contribution in [2.75, 3.05) is 11.9 Å². The van der Waals surface area contributed by atoms with Gasteiger partial charge in [-0.1, -0.05) is 30.3 Å². The first-order valence-corrected chi connectivity index (χ1v) is 9.73. The van der Waals surface area contributed by atoms with Gasteiger partial charge in [-0.05, 0) is 42.8 Å². The molecule has 4 aromatic rings. The largest absolute Gasteiger partial charge is 0.436 e. The number of hydrogen-bond donors (Lipinski definition) is 1. The molecule has 0 spiro atoms. The molecule has 1 N–H and O–H groups in total. The molecule has 3 amide bonds. The van der Waals surface area contributed by atoms with Crippen molar-refractivity contribution in [2.45, 2.75) is 6.92 Å². The number of hydrogen-bond acceptors (Lipinski definition) is 5. The van der Waals surface area contributed by atoms with Gasteiger partial charge in [0, 0.05) is 17.3 Å². The Hall–Kier alpha value is -4.26. The van der Waals surface area contributed by atoms with Crippen LogP contribution in [0.4, 0.5) is 5.69 Å². The topological polar surface area (TPSA) is 92.5 Å². The molecule has 0 aliphatic carbocycles. The number of aryl methyl sites for hydroxylation is 1. The lowest BCUT2D eigenvalue weighted by Crippen LogP contribution is -2.37. The second-order valence-electron chi connectivity index (χ2n) is 7.31. The third kappa shape index (κ3) is 3.26. The molecule has 0 radical (unpaired) electrons. The van der Waals surface area contributed by atoms with Crippen LogP contribution in [-0.2, 0) is 4.79 Å². The molecule has 1 aliphatic heterocycles. The van der Waals surface area contributed by atoms with Crippen molar-refractivity contribution in [3.63, 3.8) is 0 Å². The highest BCUT2D eigenvalue weighted by molar-refractivity contribution is 6.22. The van der Waals surface area contributed by atoms with E-state index in [4.69, 9.17) is 4.42 Å². The molecule has 7 heteroatoms. The molecule has 152 valence electrons. The molecule has 0 saturated heterocycles. The van der Waals surface area contributed by atoms with Gasteiger partial charge in [-0.25, -0.2) is 4.98 Å². The van der Waals surface area contributed by atoms with E-state index in [9.17, 15) is 14.4 Å². The summed E-state index contributed by atoms with van der Waals surface area (Å²) in [7, 11) is 0. The molecule has 7 nitrogen and oxygen atoms in total. The summed E-state index contributed by atoms with van der Waals surface area (Å²) in [6.07, 6.45) is 0. The summed E-state index contributed by atoms with van der Waals surface area (Å²) in [6, 6.07) is 19.4. The Morgan fingerprint density at radius 3 is 2.26 bits per heavy atom. The van der Waals surface area contributed by atoms with Crippen molar-refractivity contribution < 1.29 is 18.8 Å². The van der Waals surface area contributed by atoms with Crippen LogP contribution in [0.3, 0.4) is 0 Å². The number of rotatable bonds is 4. The molecule has 3 aromatic carbocycles. The van der Waals surface area contributed by atoms with E-state index in [1.54, 1.807) is 42.5 Å². The van der Waals surface area contributed by atoms with E-state index < -0.39 is 17.7 Å². The summed E-state index contributed by atoms with van der Waals surface area (Å²) in [4.78, 5) is 42.8. The van der Waals surface area contributed by atoms with Crippen LogP contribution in [0.1, 0.15) is 26.3 Å². The number of carbonyl (C=O) groups excluding carboxylic acids is 3. The van der Waals surface area contributed by atoms with E-state index in [-0.39, 0.29) is 6.54 Å². The van der Waals surface area contributed by atoms with Gasteiger partial charge in [-0.15, -0.1) is 0 Å². The molecular weight excluding hydrogens is 394 g/mol. The van der Waals surface area contributed by atoms with Crippen molar-refractivity contribution >= 4 is 34.5 Å². The van der Waals surface area contributed by atoms with Crippen molar-refractivity contribution in [3.05, 3.63) is 83.4 Å². The highest BCUT2D eigenvalue weighted by Crippen LogP contribution is 2.28. The number of fused-ring (bicyclic) bond motifs is 2. The van der Waals surface area contributed by atoms with Crippen LogP contribution in [0.25, 0.3) is 22.6 Å². The minimum atomic E-state index is -0.479. The fourth-order valence-corrected chi connectivity index (χ4v) is 3.66. The molecular formula is C24H17N3O4. The standard InChI is InChI=1S/C24H17N3O4/c1-14-6-2-3-7-16(14)22-26-19-11-10-15(12-20(19)31-22)25-21(28)13-27-23(29)17-8-4-5-9-18(17)24(27)30/h2-12H,13H2,1H3,(H,25,28). The fraction of sp³-hybridized carbons (Fsp3) is 0.0833. The van der Waals surface area contributed by atoms with E-state index in [0.29, 0.717) is 33.8 Å². The van der Waals surface area contributed by atoms with E-state index in [1.807, 2.05) is 31.2 Å². The van der Waals surface area contributed by atoms with Crippen LogP contribution in [-0.4, -0.2) is 34.2 Å². The van der Waals surface area contributed by atoms with Crippen LogP contribution in [0, 0.1) is 6.92 Å². The number of anilines is 1. The molecule has 2 heterocycles. The molecule has 31 heavy (non-hydrogen) atoms. The van der Waals surface area contributed by atoms with E-state index in [2.05, 4.69) is 10.3 Å². The molecule has 0 unspecified atom stereocenters. The second-order valence-corrected chi connectivity index (χ2v) is 7.31. The zero-order valence-corrected chi connectivity index (χ0v) is 16.6. The number of benzene rings is 3. The first-order chi connectivity index (χ1) is 15.0. The highest BCUT2D eigenvalue weighted by atomic mass is 16.3. The molecule has 0 atom stereocenters. The van der Waals surface area contributed by atoms with Crippen LogP contribution in [0.15, 0.2) is 71.1 Å². The molecule has 5 rings (SSSR count). The van der Waals surface area contributed by atoms with Crippen LogP contribution in [0.5, 0.6) is 0 Å². The first-order valence-electron chi connectivity index (χ1n) is 9.73. The van der Waals surface area contributed by atoms with Gasteiger partial charge in [0.1, 0.15) is 12.1 Å². The van der Waals surface area contributed by atoms with Crippen molar-refractivity contribution in [3.8, 4) is 11.5 Å². The summed E-state index contributed by atoms with van der Waals surface area (Å²) in [5.41, 5.74) is 4.24. The van der Waals surface area contributed by atoms with Crippen LogP contribution >= 0.6 is 0 Å². The average Bonchev–Trinajstić information content (AvgIpc) is 3.29.